The van der Waals surface area contributed by atoms with Crippen LogP contribution in [0.15, 0.2) is 40.4 Å². The molecule has 0 saturated heterocycles. The van der Waals surface area contributed by atoms with E-state index in [1.165, 1.54) is 11.1 Å². The topological polar surface area (TPSA) is 21.6 Å². The molecule has 0 N–H and O–H groups in total. The molecular weight excluding hydrogens is 198 g/mol. The maximum atomic E-state index is 5.61. The Morgan fingerprint density at radius 3 is 2.94 bits per heavy atom. The van der Waals surface area contributed by atoms with Crippen molar-refractivity contribution in [2.45, 2.75) is 32.7 Å². The Bertz CT molecular complexity index is 401. The van der Waals surface area contributed by atoms with E-state index in [0.717, 1.165) is 12.1 Å². The zero-order valence-corrected chi connectivity index (χ0v) is 10.3. The fourth-order valence-corrected chi connectivity index (χ4v) is 2.22. The average molecular weight is 217 g/mol. The van der Waals surface area contributed by atoms with Crippen molar-refractivity contribution in [2.75, 3.05) is 13.2 Å². The molecule has 2 rings (SSSR count). The van der Waals surface area contributed by atoms with Crippen molar-refractivity contribution in [2.24, 2.45) is 4.99 Å². The molecule has 0 aromatic rings. The van der Waals surface area contributed by atoms with Crippen molar-refractivity contribution in [3.63, 3.8) is 0 Å². The summed E-state index contributed by atoms with van der Waals surface area (Å²) in [6.45, 7) is 7.69. The van der Waals surface area contributed by atoms with Crippen LogP contribution in [0, 0.1) is 0 Å². The summed E-state index contributed by atoms with van der Waals surface area (Å²) in [4.78, 5) is 4.78. The number of hydrogen-bond donors (Lipinski definition) is 0. The second kappa shape index (κ2) is 4.38. The fraction of sp³-hybridized carbons (Fsp3) is 0.500. The normalized spacial score (nSPS) is 30.3. The Morgan fingerprint density at radius 1 is 1.38 bits per heavy atom. The highest BCUT2D eigenvalue weighted by Crippen LogP contribution is 2.30. The van der Waals surface area contributed by atoms with Crippen molar-refractivity contribution in [1.82, 2.24) is 0 Å². The first-order chi connectivity index (χ1) is 7.60. The molecule has 86 valence electrons. The van der Waals surface area contributed by atoms with E-state index in [1.807, 2.05) is 6.92 Å². The van der Waals surface area contributed by atoms with Crippen molar-refractivity contribution in [1.29, 1.82) is 0 Å². The minimum Gasteiger partial charge on any atom is -0.373 e. The summed E-state index contributed by atoms with van der Waals surface area (Å²) in [5, 5.41) is 0. The van der Waals surface area contributed by atoms with E-state index in [2.05, 4.69) is 38.2 Å². The van der Waals surface area contributed by atoms with Gasteiger partial charge in [-0.05, 0) is 32.8 Å². The van der Waals surface area contributed by atoms with Gasteiger partial charge in [0.2, 0.25) is 0 Å². The third kappa shape index (κ3) is 2.33. The first-order valence-corrected chi connectivity index (χ1v) is 5.78. The summed E-state index contributed by atoms with van der Waals surface area (Å²) in [5.41, 5.74) is 3.54. The number of hydrogen-bond acceptors (Lipinski definition) is 2. The molecule has 1 atom stereocenters. The van der Waals surface area contributed by atoms with Crippen LogP contribution in [0.4, 0.5) is 0 Å². The van der Waals surface area contributed by atoms with Crippen LogP contribution in [0.25, 0.3) is 0 Å². The maximum Gasteiger partial charge on any atom is 0.103 e. The van der Waals surface area contributed by atoms with E-state index in [-0.39, 0.29) is 5.54 Å². The molecule has 0 spiro atoms. The Morgan fingerprint density at radius 2 is 2.19 bits per heavy atom. The lowest BCUT2D eigenvalue weighted by molar-refractivity contribution is 0.120. The molecule has 1 aliphatic heterocycles. The average Bonchev–Trinajstić information content (AvgIpc) is 2.43. The Kier molecular flexibility index (Phi) is 3.10. The highest BCUT2D eigenvalue weighted by Gasteiger charge is 2.31. The number of allylic oxidation sites excluding steroid dienone is 5. The molecule has 0 aromatic heterocycles. The lowest BCUT2D eigenvalue weighted by Crippen LogP contribution is -2.37. The minimum atomic E-state index is -0.174. The van der Waals surface area contributed by atoms with Gasteiger partial charge in [-0.25, -0.2) is 0 Å². The van der Waals surface area contributed by atoms with Crippen LogP contribution in [0.1, 0.15) is 27.2 Å². The van der Waals surface area contributed by atoms with Gasteiger partial charge in [-0.15, -0.1) is 0 Å². The van der Waals surface area contributed by atoms with Crippen molar-refractivity contribution in [3.05, 3.63) is 35.5 Å². The molecule has 2 nitrogen and oxygen atoms in total. The molecule has 1 aliphatic carbocycles. The predicted octanol–water partition coefficient (Wildman–Crippen LogP) is 3.07. The lowest BCUT2D eigenvalue weighted by Gasteiger charge is -2.32. The molecule has 0 radical (unpaired) electrons. The van der Waals surface area contributed by atoms with Gasteiger partial charge in [0.1, 0.15) is 5.54 Å². The van der Waals surface area contributed by atoms with E-state index in [4.69, 9.17) is 9.73 Å². The summed E-state index contributed by atoms with van der Waals surface area (Å²) in [6.07, 6.45) is 9.64. The SMILES string of the molecule is CC1=CC=CCC(C2(C)COCC(C)=N2)=C1. The molecular formula is C14H19NO. The molecule has 2 aliphatic rings. The number of ether oxygens (including phenoxy) is 1. The molecule has 1 unspecified atom stereocenters. The number of aliphatic imine (C=N–C) groups is 1. The molecule has 0 saturated carbocycles. The van der Waals surface area contributed by atoms with Gasteiger partial charge < -0.3 is 4.74 Å². The van der Waals surface area contributed by atoms with Gasteiger partial charge in [0.05, 0.1) is 13.2 Å². The maximum absolute atomic E-state index is 5.61. The van der Waals surface area contributed by atoms with Crippen molar-refractivity contribution < 1.29 is 4.74 Å². The summed E-state index contributed by atoms with van der Waals surface area (Å²) >= 11 is 0. The third-order valence-electron chi connectivity index (χ3n) is 3.06. The molecule has 0 amide bonds. The van der Waals surface area contributed by atoms with Gasteiger partial charge >= 0.3 is 0 Å². The molecule has 0 fully saturated rings. The second-order valence-electron chi connectivity index (χ2n) is 4.83. The van der Waals surface area contributed by atoms with Gasteiger partial charge in [-0.2, -0.15) is 0 Å². The van der Waals surface area contributed by atoms with Crippen LogP contribution in [-0.2, 0) is 4.74 Å². The second-order valence-corrected chi connectivity index (χ2v) is 4.83. The number of nitrogens with zero attached hydrogens (tertiary/aromatic N) is 1. The zero-order valence-electron chi connectivity index (χ0n) is 10.3. The highest BCUT2D eigenvalue weighted by molar-refractivity contribution is 5.84. The quantitative estimate of drug-likeness (QED) is 0.661. The van der Waals surface area contributed by atoms with Gasteiger partial charge in [0.15, 0.2) is 0 Å². The van der Waals surface area contributed by atoms with Gasteiger partial charge in [0, 0.05) is 5.71 Å². The third-order valence-corrected chi connectivity index (χ3v) is 3.06. The molecule has 0 aromatic carbocycles. The molecule has 2 heteroatoms. The first kappa shape index (κ1) is 11.3. The van der Waals surface area contributed by atoms with Crippen LogP contribution < -0.4 is 0 Å². The summed E-state index contributed by atoms with van der Waals surface area (Å²) in [6, 6.07) is 0. The predicted molar refractivity (Wildman–Crippen MR) is 67.9 cm³/mol. The first-order valence-electron chi connectivity index (χ1n) is 5.78. The van der Waals surface area contributed by atoms with Crippen LogP contribution in [0.2, 0.25) is 0 Å². The van der Waals surface area contributed by atoms with Gasteiger partial charge in [-0.3, -0.25) is 4.99 Å². The van der Waals surface area contributed by atoms with Crippen LogP contribution in [-0.4, -0.2) is 24.5 Å². The highest BCUT2D eigenvalue weighted by atomic mass is 16.5. The lowest BCUT2D eigenvalue weighted by atomic mass is 9.89. The Labute approximate surface area is 97.4 Å². The fourth-order valence-electron chi connectivity index (χ4n) is 2.22. The summed E-state index contributed by atoms with van der Waals surface area (Å²) in [7, 11) is 0. The van der Waals surface area contributed by atoms with E-state index >= 15 is 0 Å². The largest absolute Gasteiger partial charge is 0.373 e. The summed E-state index contributed by atoms with van der Waals surface area (Å²) in [5.74, 6) is 0. The van der Waals surface area contributed by atoms with Crippen molar-refractivity contribution in [3.8, 4) is 0 Å². The number of rotatable bonds is 1. The van der Waals surface area contributed by atoms with E-state index in [1.54, 1.807) is 0 Å². The monoisotopic (exact) mass is 217 g/mol. The van der Waals surface area contributed by atoms with E-state index < -0.39 is 0 Å². The zero-order chi connectivity index (χ0) is 11.6. The minimum absolute atomic E-state index is 0.174. The Hall–Kier alpha value is -1.15. The molecule has 0 bridgehead atoms. The summed E-state index contributed by atoms with van der Waals surface area (Å²) < 4.78 is 5.61. The van der Waals surface area contributed by atoms with E-state index in [0.29, 0.717) is 13.2 Å². The smallest absolute Gasteiger partial charge is 0.103 e. The molecule has 16 heavy (non-hydrogen) atoms. The van der Waals surface area contributed by atoms with Crippen molar-refractivity contribution >= 4 is 5.71 Å². The Balaban J connectivity index is 2.33. The van der Waals surface area contributed by atoms with Crippen LogP contribution in [0.5, 0.6) is 0 Å². The van der Waals surface area contributed by atoms with Gasteiger partial charge in [0.25, 0.3) is 0 Å². The molecule has 1 heterocycles. The van der Waals surface area contributed by atoms with Crippen LogP contribution >= 0.6 is 0 Å². The van der Waals surface area contributed by atoms with Crippen LogP contribution in [0.3, 0.4) is 0 Å². The van der Waals surface area contributed by atoms with E-state index in [9.17, 15) is 0 Å². The van der Waals surface area contributed by atoms with Gasteiger partial charge in [-0.1, -0.05) is 29.9 Å². The standard InChI is InChI=1S/C14H19NO/c1-11-6-4-5-7-13(8-11)14(3)10-16-9-12(2)15-14/h4-6,8H,7,9-10H2,1-3H3.